The highest BCUT2D eigenvalue weighted by molar-refractivity contribution is 8.00. The normalized spacial score (nSPS) is 15.9. The number of carbonyl (C=O) groups is 2. The smallest absolute Gasteiger partial charge is 0.240 e. The first-order valence-corrected chi connectivity index (χ1v) is 13.3. The molecule has 0 unspecified atom stereocenters. The molecular formula is C28H33FN4O3S. The van der Waals surface area contributed by atoms with Gasteiger partial charge in [-0.05, 0) is 36.8 Å². The van der Waals surface area contributed by atoms with Crippen molar-refractivity contribution in [2.45, 2.75) is 38.4 Å². The second-order valence-corrected chi connectivity index (χ2v) is 11.2. The van der Waals surface area contributed by atoms with Gasteiger partial charge in [-0.15, -0.1) is 11.8 Å². The number of amides is 2. The van der Waals surface area contributed by atoms with E-state index in [1.807, 2.05) is 19.1 Å². The molecule has 0 fully saturated rings. The molecule has 1 N–H and O–H groups in total. The van der Waals surface area contributed by atoms with Crippen LogP contribution in [-0.4, -0.2) is 54.2 Å². The van der Waals surface area contributed by atoms with E-state index in [4.69, 9.17) is 9.84 Å². The molecule has 2 heterocycles. The standard InChI is InChI=1S/C28H33FN4O3S/c1-18-7-6-8-19(15-18)25-24-26(28(2,3)4)31-33(21-11-9-20(29)10-12-21)27(24)32(23(35)17-37-25)16-22(34)30-13-14-36-5/h6-12,15,25H,13-14,16-17H2,1-5H3,(H,30,34)/t25-/m0/s1. The van der Waals surface area contributed by atoms with Gasteiger partial charge in [-0.1, -0.05) is 50.6 Å². The van der Waals surface area contributed by atoms with Crippen LogP contribution in [0.5, 0.6) is 0 Å². The number of ether oxygens (including phenoxy) is 1. The molecule has 2 amide bonds. The Morgan fingerprint density at radius 2 is 1.95 bits per heavy atom. The molecule has 1 aliphatic rings. The summed E-state index contributed by atoms with van der Waals surface area (Å²) in [6.45, 7) is 8.84. The van der Waals surface area contributed by atoms with Gasteiger partial charge in [0, 0.05) is 24.6 Å². The molecule has 0 aliphatic carbocycles. The van der Waals surface area contributed by atoms with Crippen LogP contribution in [0.4, 0.5) is 10.2 Å². The second kappa shape index (κ2) is 11.1. The van der Waals surface area contributed by atoms with Crippen molar-refractivity contribution in [3.8, 4) is 5.69 Å². The summed E-state index contributed by atoms with van der Waals surface area (Å²) < 4.78 is 20.5. The molecule has 0 bridgehead atoms. The third kappa shape index (κ3) is 5.88. The zero-order valence-electron chi connectivity index (χ0n) is 21.9. The first kappa shape index (κ1) is 26.9. The largest absolute Gasteiger partial charge is 0.383 e. The van der Waals surface area contributed by atoms with Crippen LogP contribution in [0.1, 0.15) is 48.4 Å². The van der Waals surface area contributed by atoms with E-state index in [2.05, 4.69) is 38.2 Å². The minimum atomic E-state index is -0.364. The van der Waals surface area contributed by atoms with Gasteiger partial charge in [0.05, 0.1) is 29.0 Å². The summed E-state index contributed by atoms with van der Waals surface area (Å²) >= 11 is 1.53. The first-order chi connectivity index (χ1) is 17.6. The number of nitrogens with one attached hydrogen (secondary N) is 1. The fraction of sp³-hybridized carbons (Fsp3) is 0.393. The van der Waals surface area contributed by atoms with Crippen LogP contribution >= 0.6 is 11.8 Å². The maximum absolute atomic E-state index is 13.8. The van der Waals surface area contributed by atoms with E-state index < -0.39 is 0 Å². The van der Waals surface area contributed by atoms with E-state index in [-0.39, 0.29) is 40.6 Å². The van der Waals surface area contributed by atoms with E-state index in [1.54, 1.807) is 23.9 Å². The van der Waals surface area contributed by atoms with Crippen LogP contribution in [0.3, 0.4) is 0 Å². The predicted molar refractivity (Wildman–Crippen MR) is 145 cm³/mol. The van der Waals surface area contributed by atoms with Crippen LogP contribution < -0.4 is 10.2 Å². The van der Waals surface area contributed by atoms with Crippen LogP contribution in [0.2, 0.25) is 0 Å². The highest BCUT2D eigenvalue weighted by atomic mass is 32.2. The number of anilines is 1. The summed E-state index contributed by atoms with van der Waals surface area (Å²) in [6.07, 6.45) is 0. The van der Waals surface area contributed by atoms with Crippen molar-refractivity contribution in [3.63, 3.8) is 0 Å². The molecule has 196 valence electrons. The lowest BCUT2D eigenvalue weighted by molar-refractivity contribution is -0.123. The van der Waals surface area contributed by atoms with Crippen molar-refractivity contribution in [2.24, 2.45) is 0 Å². The average molecular weight is 525 g/mol. The molecule has 0 spiro atoms. The minimum absolute atomic E-state index is 0.160. The Balaban J connectivity index is 1.95. The van der Waals surface area contributed by atoms with E-state index in [0.29, 0.717) is 24.7 Å². The molecule has 7 nitrogen and oxygen atoms in total. The lowest BCUT2D eigenvalue weighted by Crippen LogP contribution is -2.43. The third-order valence-corrected chi connectivity index (χ3v) is 7.40. The number of aryl methyl sites for hydroxylation is 1. The van der Waals surface area contributed by atoms with E-state index in [0.717, 1.165) is 22.4 Å². The number of carbonyl (C=O) groups excluding carboxylic acids is 2. The van der Waals surface area contributed by atoms with Gasteiger partial charge in [-0.3, -0.25) is 14.5 Å². The highest BCUT2D eigenvalue weighted by Gasteiger charge is 2.39. The molecule has 4 rings (SSSR count). The number of thioether (sulfide) groups is 1. The van der Waals surface area contributed by atoms with Gasteiger partial charge in [0.15, 0.2) is 0 Å². The number of fused-ring (bicyclic) bond motifs is 1. The maximum Gasteiger partial charge on any atom is 0.240 e. The van der Waals surface area contributed by atoms with E-state index >= 15 is 0 Å². The Morgan fingerprint density at radius 3 is 2.59 bits per heavy atom. The van der Waals surface area contributed by atoms with Crippen molar-refractivity contribution in [1.82, 2.24) is 15.1 Å². The molecule has 37 heavy (non-hydrogen) atoms. The molecule has 0 saturated heterocycles. The molecule has 0 saturated carbocycles. The van der Waals surface area contributed by atoms with Crippen molar-refractivity contribution >= 4 is 29.4 Å². The second-order valence-electron chi connectivity index (χ2n) is 10.2. The highest BCUT2D eigenvalue weighted by Crippen LogP contribution is 2.48. The van der Waals surface area contributed by atoms with Gasteiger partial charge in [0.25, 0.3) is 0 Å². The molecule has 1 atom stereocenters. The summed E-state index contributed by atoms with van der Waals surface area (Å²) in [4.78, 5) is 28.0. The fourth-order valence-corrected chi connectivity index (χ4v) is 5.61. The molecule has 9 heteroatoms. The SMILES string of the molecule is COCCNC(=O)CN1C(=O)CS[C@@H](c2cccc(C)c2)c2c(C(C)(C)C)nn(-c3ccc(F)cc3)c21. The van der Waals surface area contributed by atoms with Crippen molar-refractivity contribution in [3.05, 3.63) is 76.7 Å². The molecule has 0 radical (unpaired) electrons. The average Bonchev–Trinajstić information content (AvgIpc) is 3.18. The summed E-state index contributed by atoms with van der Waals surface area (Å²) in [5.74, 6) is -0.103. The van der Waals surface area contributed by atoms with E-state index in [9.17, 15) is 14.0 Å². The predicted octanol–water partition coefficient (Wildman–Crippen LogP) is 4.55. The van der Waals surface area contributed by atoms with Crippen molar-refractivity contribution in [2.75, 3.05) is 37.5 Å². The number of aromatic nitrogens is 2. The summed E-state index contributed by atoms with van der Waals surface area (Å²) in [6, 6.07) is 14.3. The first-order valence-electron chi connectivity index (χ1n) is 12.2. The molecule has 1 aliphatic heterocycles. The lowest BCUT2D eigenvalue weighted by atomic mass is 9.87. The Kier molecular flexibility index (Phi) is 8.04. The number of benzene rings is 2. The number of nitrogens with zero attached hydrogens (tertiary/aromatic N) is 3. The van der Waals surface area contributed by atoms with Gasteiger partial charge in [0.2, 0.25) is 11.8 Å². The van der Waals surface area contributed by atoms with Gasteiger partial charge >= 0.3 is 0 Å². The Labute approximate surface area is 221 Å². The van der Waals surface area contributed by atoms with Gasteiger partial charge < -0.3 is 10.1 Å². The molecule has 3 aromatic rings. The number of rotatable bonds is 7. The number of methoxy groups -OCH3 is 1. The fourth-order valence-electron chi connectivity index (χ4n) is 4.42. The van der Waals surface area contributed by atoms with Gasteiger partial charge in [0.1, 0.15) is 18.2 Å². The minimum Gasteiger partial charge on any atom is -0.383 e. The monoisotopic (exact) mass is 524 g/mol. The lowest BCUT2D eigenvalue weighted by Gasteiger charge is -2.24. The third-order valence-electron chi connectivity index (χ3n) is 6.15. The van der Waals surface area contributed by atoms with Crippen molar-refractivity contribution < 1.29 is 18.7 Å². The summed E-state index contributed by atoms with van der Waals surface area (Å²) in [5, 5.41) is 7.64. The maximum atomic E-state index is 13.8. The van der Waals surface area contributed by atoms with Crippen LogP contribution in [0.25, 0.3) is 5.69 Å². The Bertz CT molecular complexity index is 1280. The van der Waals surface area contributed by atoms with Crippen molar-refractivity contribution in [1.29, 1.82) is 0 Å². The van der Waals surface area contributed by atoms with Gasteiger partial charge in [-0.2, -0.15) is 5.10 Å². The molecular weight excluding hydrogens is 491 g/mol. The zero-order valence-corrected chi connectivity index (χ0v) is 22.7. The zero-order chi connectivity index (χ0) is 26.7. The molecule has 1 aromatic heterocycles. The van der Waals surface area contributed by atoms with Crippen LogP contribution in [-0.2, 0) is 19.7 Å². The van der Waals surface area contributed by atoms with E-state index in [1.165, 1.54) is 28.8 Å². The van der Waals surface area contributed by atoms with Crippen LogP contribution in [0.15, 0.2) is 48.5 Å². The van der Waals surface area contributed by atoms with Crippen LogP contribution in [0, 0.1) is 12.7 Å². The topological polar surface area (TPSA) is 76.5 Å². The summed E-state index contributed by atoms with van der Waals surface area (Å²) in [5.41, 5.74) is 4.15. The summed E-state index contributed by atoms with van der Waals surface area (Å²) in [7, 11) is 1.56. The number of hydrogen-bond donors (Lipinski definition) is 1. The molecule has 2 aromatic carbocycles. The Hall–Kier alpha value is -3.17. The quantitative estimate of drug-likeness (QED) is 0.459. The Morgan fingerprint density at radius 1 is 1.22 bits per heavy atom. The number of halogens is 1. The van der Waals surface area contributed by atoms with Gasteiger partial charge in [-0.25, -0.2) is 9.07 Å². The number of hydrogen-bond acceptors (Lipinski definition) is 5.